The Morgan fingerprint density at radius 1 is 1.13 bits per heavy atom. The molecule has 15 heavy (non-hydrogen) atoms. The van der Waals surface area contributed by atoms with Gasteiger partial charge in [0.05, 0.1) is 0 Å². The number of hydrogen-bond acceptors (Lipinski definition) is 1. The summed E-state index contributed by atoms with van der Waals surface area (Å²) in [5.74, 6) is -0.377. The van der Waals surface area contributed by atoms with E-state index in [1.807, 2.05) is 47.3 Å². The highest BCUT2D eigenvalue weighted by atomic mass is 16.1. The molecule has 2 rings (SSSR count). The van der Waals surface area contributed by atoms with Crippen molar-refractivity contribution in [3.63, 3.8) is 0 Å². The van der Waals surface area contributed by atoms with Crippen LogP contribution in [-0.2, 0) is 6.54 Å². The lowest BCUT2D eigenvalue weighted by atomic mass is 10.1. The molecule has 76 valence electrons. The Morgan fingerprint density at radius 3 is 2.47 bits per heavy atom. The minimum absolute atomic E-state index is 0.377. The molecule has 2 N–H and O–H groups in total. The van der Waals surface area contributed by atoms with E-state index in [1.54, 1.807) is 6.07 Å². The minimum Gasteiger partial charge on any atom is -0.366 e. The average molecular weight is 200 g/mol. The third-order valence-electron chi connectivity index (χ3n) is 2.30. The monoisotopic (exact) mass is 200 g/mol. The number of benzene rings is 1. The second-order valence-corrected chi connectivity index (χ2v) is 3.38. The zero-order chi connectivity index (χ0) is 10.7. The number of amides is 1. The van der Waals surface area contributed by atoms with E-state index in [1.165, 1.54) is 0 Å². The molecule has 1 amide bonds. The van der Waals surface area contributed by atoms with Crippen molar-refractivity contribution in [3.05, 3.63) is 59.9 Å². The van der Waals surface area contributed by atoms with E-state index < -0.39 is 0 Å². The first-order chi connectivity index (χ1) is 7.27. The van der Waals surface area contributed by atoms with Crippen LogP contribution in [0, 0.1) is 0 Å². The largest absolute Gasteiger partial charge is 0.366 e. The van der Waals surface area contributed by atoms with Crippen molar-refractivity contribution < 1.29 is 4.79 Å². The van der Waals surface area contributed by atoms with Gasteiger partial charge in [0, 0.05) is 24.5 Å². The van der Waals surface area contributed by atoms with E-state index >= 15 is 0 Å². The Morgan fingerprint density at radius 2 is 1.80 bits per heavy atom. The summed E-state index contributed by atoms with van der Waals surface area (Å²) < 4.78 is 2.00. The summed E-state index contributed by atoms with van der Waals surface area (Å²) in [5, 5.41) is 0. The van der Waals surface area contributed by atoms with Gasteiger partial charge in [0.25, 0.3) is 0 Å². The Bertz CT molecular complexity index is 460. The number of rotatable bonds is 3. The first-order valence-corrected chi connectivity index (χ1v) is 4.76. The predicted octanol–water partition coefficient (Wildman–Crippen LogP) is 1.64. The number of primary amides is 1. The van der Waals surface area contributed by atoms with Crippen LogP contribution in [0.25, 0.3) is 0 Å². The highest BCUT2D eigenvalue weighted by Gasteiger charge is 2.06. The average Bonchev–Trinajstić information content (AvgIpc) is 2.71. The summed E-state index contributed by atoms with van der Waals surface area (Å²) in [6, 6.07) is 11.3. The molecule has 1 aromatic heterocycles. The van der Waals surface area contributed by atoms with Gasteiger partial charge in [0.1, 0.15) is 0 Å². The van der Waals surface area contributed by atoms with Crippen LogP contribution < -0.4 is 5.73 Å². The van der Waals surface area contributed by atoms with Gasteiger partial charge in [0.2, 0.25) is 5.91 Å². The van der Waals surface area contributed by atoms with E-state index in [0.29, 0.717) is 12.1 Å². The minimum atomic E-state index is -0.377. The van der Waals surface area contributed by atoms with E-state index in [-0.39, 0.29) is 5.91 Å². The molecule has 0 saturated carbocycles. The Hall–Kier alpha value is -2.03. The first kappa shape index (κ1) is 9.52. The summed E-state index contributed by atoms with van der Waals surface area (Å²) in [5.41, 5.74) is 6.83. The van der Waals surface area contributed by atoms with E-state index in [2.05, 4.69) is 0 Å². The van der Waals surface area contributed by atoms with Crippen molar-refractivity contribution in [3.8, 4) is 0 Å². The van der Waals surface area contributed by atoms with Gasteiger partial charge in [-0.05, 0) is 23.8 Å². The maximum Gasteiger partial charge on any atom is 0.249 e. The Kier molecular flexibility index (Phi) is 2.54. The first-order valence-electron chi connectivity index (χ1n) is 4.76. The zero-order valence-corrected chi connectivity index (χ0v) is 8.26. The summed E-state index contributed by atoms with van der Waals surface area (Å²) in [7, 11) is 0. The molecule has 0 aliphatic rings. The molecule has 0 bridgehead atoms. The molecule has 0 atom stereocenters. The fourth-order valence-corrected chi connectivity index (χ4v) is 1.57. The summed E-state index contributed by atoms with van der Waals surface area (Å²) in [6.45, 7) is 0.673. The van der Waals surface area contributed by atoms with Crippen molar-refractivity contribution in [2.45, 2.75) is 6.54 Å². The third kappa shape index (κ3) is 2.07. The maximum atomic E-state index is 11.2. The van der Waals surface area contributed by atoms with Gasteiger partial charge in [-0.25, -0.2) is 0 Å². The van der Waals surface area contributed by atoms with Gasteiger partial charge in [-0.2, -0.15) is 0 Å². The van der Waals surface area contributed by atoms with Crippen LogP contribution in [0.15, 0.2) is 48.8 Å². The fourth-order valence-electron chi connectivity index (χ4n) is 1.57. The third-order valence-corrected chi connectivity index (χ3v) is 2.30. The van der Waals surface area contributed by atoms with Gasteiger partial charge < -0.3 is 10.3 Å². The summed E-state index contributed by atoms with van der Waals surface area (Å²) in [6.07, 6.45) is 3.91. The smallest absolute Gasteiger partial charge is 0.249 e. The molecule has 3 heteroatoms. The predicted molar refractivity (Wildman–Crippen MR) is 58.5 cm³/mol. The molecule has 0 saturated heterocycles. The van der Waals surface area contributed by atoms with Crippen LogP contribution in [0.5, 0.6) is 0 Å². The molecule has 0 aliphatic carbocycles. The molecular formula is C12H12N2O. The highest BCUT2D eigenvalue weighted by Crippen LogP contribution is 2.10. The van der Waals surface area contributed by atoms with Crippen LogP contribution in [0.1, 0.15) is 15.9 Å². The number of carbonyl (C=O) groups is 1. The summed E-state index contributed by atoms with van der Waals surface area (Å²) >= 11 is 0. The van der Waals surface area contributed by atoms with Crippen LogP contribution in [0.4, 0.5) is 0 Å². The second-order valence-electron chi connectivity index (χ2n) is 3.38. The van der Waals surface area contributed by atoms with Gasteiger partial charge >= 0.3 is 0 Å². The number of carbonyl (C=O) groups excluding carboxylic acids is 1. The molecule has 2 aromatic rings. The maximum absolute atomic E-state index is 11.2. The molecule has 1 aromatic carbocycles. The topological polar surface area (TPSA) is 48.0 Å². The van der Waals surface area contributed by atoms with Gasteiger partial charge in [0.15, 0.2) is 0 Å². The Labute approximate surface area is 88.1 Å². The quantitative estimate of drug-likeness (QED) is 0.804. The highest BCUT2D eigenvalue weighted by molar-refractivity contribution is 5.94. The molecule has 3 nitrogen and oxygen atoms in total. The second kappa shape index (κ2) is 4.00. The molecule has 0 unspecified atom stereocenters. The van der Waals surface area contributed by atoms with Crippen molar-refractivity contribution >= 4 is 5.91 Å². The number of nitrogens with zero attached hydrogens (tertiary/aromatic N) is 1. The van der Waals surface area contributed by atoms with Crippen LogP contribution in [0.2, 0.25) is 0 Å². The van der Waals surface area contributed by atoms with E-state index in [4.69, 9.17) is 5.73 Å². The van der Waals surface area contributed by atoms with Crippen LogP contribution in [0.3, 0.4) is 0 Å². The summed E-state index contributed by atoms with van der Waals surface area (Å²) in [4.78, 5) is 11.2. The number of nitrogens with two attached hydrogens (primary N) is 1. The molecule has 0 radical (unpaired) electrons. The number of aromatic nitrogens is 1. The SMILES string of the molecule is NC(=O)c1ccccc1Cn1cccc1. The van der Waals surface area contributed by atoms with Gasteiger partial charge in [-0.1, -0.05) is 18.2 Å². The normalized spacial score (nSPS) is 10.1. The van der Waals surface area contributed by atoms with Gasteiger partial charge in [-0.3, -0.25) is 4.79 Å². The van der Waals surface area contributed by atoms with Crippen LogP contribution in [-0.4, -0.2) is 10.5 Å². The fraction of sp³-hybridized carbons (Fsp3) is 0.0833. The Balaban J connectivity index is 2.32. The molecule has 0 fully saturated rings. The zero-order valence-electron chi connectivity index (χ0n) is 8.26. The molecule has 1 heterocycles. The molecule has 0 aliphatic heterocycles. The van der Waals surface area contributed by atoms with Crippen molar-refractivity contribution in [1.82, 2.24) is 4.57 Å². The lowest BCUT2D eigenvalue weighted by molar-refractivity contribution is 0.0999. The van der Waals surface area contributed by atoms with Crippen LogP contribution >= 0.6 is 0 Å². The van der Waals surface area contributed by atoms with E-state index in [0.717, 1.165) is 5.56 Å². The standard InChI is InChI=1S/C12H12N2O/c13-12(15)11-6-2-1-5-10(11)9-14-7-3-4-8-14/h1-8H,9H2,(H2,13,15). The van der Waals surface area contributed by atoms with E-state index in [9.17, 15) is 4.79 Å². The van der Waals surface area contributed by atoms with Crippen molar-refractivity contribution in [2.24, 2.45) is 5.73 Å². The lowest BCUT2D eigenvalue weighted by Crippen LogP contribution is -2.14. The molecule has 0 spiro atoms. The molecular weight excluding hydrogens is 188 g/mol. The lowest BCUT2D eigenvalue weighted by Gasteiger charge is -2.07. The van der Waals surface area contributed by atoms with Crippen molar-refractivity contribution in [1.29, 1.82) is 0 Å². The number of hydrogen-bond donors (Lipinski definition) is 1. The van der Waals surface area contributed by atoms with Crippen molar-refractivity contribution in [2.75, 3.05) is 0 Å². The van der Waals surface area contributed by atoms with Gasteiger partial charge in [-0.15, -0.1) is 0 Å².